The molecule has 1 aromatic carbocycles. The zero-order valence-electron chi connectivity index (χ0n) is 7.63. The average Bonchev–Trinajstić information content (AvgIpc) is 2.09. The first-order valence-electron chi connectivity index (χ1n) is 3.93. The third-order valence-corrected chi connectivity index (χ3v) is 2.56. The van der Waals surface area contributed by atoms with Crippen molar-refractivity contribution in [1.29, 1.82) is 0 Å². The molecule has 0 heterocycles. The summed E-state index contributed by atoms with van der Waals surface area (Å²) < 4.78 is 0. The Labute approximate surface area is 87.5 Å². The summed E-state index contributed by atoms with van der Waals surface area (Å²) in [5, 5.41) is 0.620. The van der Waals surface area contributed by atoms with Crippen LogP contribution >= 0.6 is 23.4 Å². The number of Topliss-reactive ketones (excluding diaryl/α,β-unsaturated/α-hetero) is 1. The van der Waals surface area contributed by atoms with Gasteiger partial charge in [-0.05, 0) is 30.9 Å². The molecule has 1 aromatic rings. The second-order valence-electron chi connectivity index (χ2n) is 2.82. The van der Waals surface area contributed by atoms with Gasteiger partial charge < -0.3 is 0 Å². The highest BCUT2D eigenvalue weighted by Gasteiger charge is 2.08. The van der Waals surface area contributed by atoms with E-state index in [4.69, 9.17) is 11.6 Å². The Morgan fingerprint density at radius 2 is 2.23 bits per heavy atom. The molecule has 0 aliphatic carbocycles. The standard InChI is InChI=1S/C10H11ClOS/c1-7-3-4-8(11)5-9(7)10(12)6-13-2/h3-5H,6H2,1-2H3. The summed E-state index contributed by atoms with van der Waals surface area (Å²) >= 11 is 7.33. The number of halogens is 1. The quantitative estimate of drug-likeness (QED) is 0.719. The van der Waals surface area contributed by atoms with Gasteiger partial charge in [-0.15, -0.1) is 0 Å². The van der Waals surface area contributed by atoms with Crippen LogP contribution in [0.3, 0.4) is 0 Å². The molecule has 0 bridgehead atoms. The molecular formula is C10H11ClOS. The molecule has 3 heteroatoms. The monoisotopic (exact) mass is 214 g/mol. The van der Waals surface area contributed by atoms with Gasteiger partial charge in [0.2, 0.25) is 0 Å². The van der Waals surface area contributed by atoms with Gasteiger partial charge in [-0.1, -0.05) is 17.7 Å². The number of hydrogen-bond donors (Lipinski definition) is 0. The van der Waals surface area contributed by atoms with E-state index in [0.717, 1.165) is 11.1 Å². The fraction of sp³-hybridized carbons (Fsp3) is 0.300. The smallest absolute Gasteiger partial charge is 0.173 e. The lowest BCUT2D eigenvalue weighted by atomic mass is 10.1. The molecule has 0 aromatic heterocycles. The molecule has 0 N–H and O–H groups in total. The largest absolute Gasteiger partial charge is 0.293 e. The van der Waals surface area contributed by atoms with Crippen LogP contribution in [0, 0.1) is 6.92 Å². The molecule has 0 aliphatic rings. The van der Waals surface area contributed by atoms with Crippen LogP contribution in [0.1, 0.15) is 15.9 Å². The Hall–Kier alpha value is -0.470. The lowest BCUT2D eigenvalue weighted by Gasteiger charge is -2.03. The van der Waals surface area contributed by atoms with Crippen molar-refractivity contribution in [2.45, 2.75) is 6.92 Å². The molecule has 1 nitrogen and oxygen atoms in total. The molecule has 0 spiro atoms. The first kappa shape index (κ1) is 10.6. The van der Waals surface area contributed by atoms with E-state index in [1.807, 2.05) is 19.2 Å². The Bertz CT molecular complexity index is 323. The first-order chi connectivity index (χ1) is 6.15. The van der Waals surface area contributed by atoms with Crippen molar-refractivity contribution >= 4 is 29.1 Å². The van der Waals surface area contributed by atoms with Gasteiger partial charge in [0.1, 0.15) is 0 Å². The summed E-state index contributed by atoms with van der Waals surface area (Å²) in [6.07, 6.45) is 1.91. The number of ketones is 1. The maximum absolute atomic E-state index is 11.5. The number of benzene rings is 1. The Morgan fingerprint density at radius 1 is 1.54 bits per heavy atom. The third-order valence-electron chi connectivity index (χ3n) is 1.78. The topological polar surface area (TPSA) is 17.1 Å². The van der Waals surface area contributed by atoms with Crippen molar-refractivity contribution in [3.8, 4) is 0 Å². The minimum absolute atomic E-state index is 0.146. The number of rotatable bonds is 3. The van der Waals surface area contributed by atoms with Crippen LogP contribution in [0.15, 0.2) is 18.2 Å². The highest BCUT2D eigenvalue weighted by atomic mass is 35.5. The molecule has 70 valence electrons. The van der Waals surface area contributed by atoms with Crippen LogP contribution in [-0.4, -0.2) is 17.8 Å². The Balaban J connectivity index is 2.99. The zero-order chi connectivity index (χ0) is 9.84. The summed E-state index contributed by atoms with van der Waals surface area (Å²) in [7, 11) is 0. The predicted molar refractivity (Wildman–Crippen MR) is 58.9 cm³/mol. The molecule has 0 fully saturated rings. The van der Waals surface area contributed by atoms with Crippen LogP contribution in [0.5, 0.6) is 0 Å². The summed E-state index contributed by atoms with van der Waals surface area (Å²) in [6, 6.07) is 5.40. The summed E-state index contributed by atoms with van der Waals surface area (Å²) in [5.41, 5.74) is 1.73. The van der Waals surface area contributed by atoms with Gasteiger partial charge in [-0.2, -0.15) is 11.8 Å². The van der Waals surface area contributed by atoms with Crippen LogP contribution in [0.25, 0.3) is 0 Å². The number of carbonyl (C=O) groups excluding carboxylic acids is 1. The highest BCUT2D eigenvalue weighted by molar-refractivity contribution is 7.99. The second kappa shape index (κ2) is 4.68. The van der Waals surface area contributed by atoms with Gasteiger partial charge in [0.15, 0.2) is 5.78 Å². The van der Waals surface area contributed by atoms with Gasteiger partial charge in [-0.3, -0.25) is 4.79 Å². The highest BCUT2D eigenvalue weighted by Crippen LogP contribution is 2.16. The van der Waals surface area contributed by atoms with E-state index in [1.54, 1.807) is 12.1 Å². The van der Waals surface area contributed by atoms with Gasteiger partial charge >= 0.3 is 0 Å². The molecule has 13 heavy (non-hydrogen) atoms. The Kier molecular flexibility index (Phi) is 3.82. The van der Waals surface area contributed by atoms with Crippen molar-refractivity contribution in [3.05, 3.63) is 34.3 Å². The summed E-state index contributed by atoms with van der Waals surface area (Å²) in [5.74, 6) is 0.661. The van der Waals surface area contributed by atoms with Crippen LogP contribution in [0.2, 0.25) is 5.02 Å². The minimum atomic E-state index is 0.146. The van der Waals surface area contributed by atoms with E-state index < -0.39 is 0 Å². The van der Waals surface area contributed by atoms with Crippen molar-refractivity contribution < 1.29 is 4.79 Å². The molecule has 0 saturated carbocycles. The van der Waals surface area contributed by atoms with E-state index in [1.165, 1.54) is 11.8 Å². The molecule has 0 unspecified atom stereocenters. The molecular weight excluding hydrogens is 204 g/mol. The van der Waals surface area contributed by atoms with Crippen LogP contribution in [-0.2, 0) is 0 Å². The first-order valence-corrected chi connectivity index (χ1v) is 5.70. The number of carbonyl (C=O) groups is 1. The van der Waals surface area contributed by atoms with Gasteiger partial charge in [0, 0.05) is 10.6 Å². The van der Waals surface area contributed by atoms with Gasteiger partial charge in [0.25, 0.3) is 0 Å². The Morgan fingerprint density at radius 3 is 2.85 bits per heavy atom. The van der Waals surface area contributed by atoms with E-state index in [9.17, 15) is 4.79 Å². The van der Waals surface area contributed by atoms with Crippen molar-refractivity contribution in [2.75, 3.05) is 12.0 Å². The maximum atomic E-state index is 11.5. The summed E-state index contributed by atoms with van der Waals surface area (Å²) in [6.45, 7) is 1.92. The molecule has 0 aliphatic heterocycles. The number of hydrogen-bond acceptors (Lipinski definition) is 2. The molecule has 1 rings (SSSR count). The van der Waals surface area contributed by atoms with Gasteiger partial charge in [0.05, 0.1) is 5.75 Å². The normalized spacial score (nSPS) is 10.1. The molecule has 0 radical (unpaired) electrons. The molecule has 0 amide bonds. The zero-order valence-corrected chi connectivity index (χ0v) is 9.21. The lowest BCUT2D eigenvalue weighted by molar-refractivity contribution is 0.102. The van der Waals surface area contributed by atoms with E-state index in [2.05, 4.69) is 0 Å². The van der Waals surface area contributed by atoms with Crippen molar-refractivity contribution in [2.24, 2.45) is 0 Å². The van der Waals surface area contributed by atoms with E-state index in [0.29, 0.717) is 10.8 Å². The van der Waals surface area contributed by atoms with E-state index >= 15 is 0 Å². The fourth-order valence-corrected chi connectivity index (χ4v) is 1.69. The number of thioether (sulfide) groups is 1. The summed E-state index contributed by atoms with van der Waals surface area (Å²) in [4.78, 5) is 11.5. The van der Waals surface area contributed by atoms with Crippen molar-refractivity contribution in [1.82, 2.24) is 0 Å². The maximum Gasteiger partial charge on any atom is 0.173 e. The average molecular weight is 215 g/mol. The van der Waals surface area contributed by atoms with Crippen molar-refractivity contribution in [3.63, 3.8) is 0 Å². The van der Waals surface area contributed by atoms with Crippen LogP contribution < -0.4 is 0 Å². The fourth-order valence-electron chi connectivity index (χ4n) is 1.10. The van der Waals surface area contributed by atoms with Gasteiger partial charge in [-0.25, -0.2) is 0 Å². The third kappa shape index (κ3) is 2.75. The number of aryl methyl sites for hydroxylation is 1. The SMILES string of the molecule is CSCC(=O)c1cc(Cl)ccc1C. The molecule has 0 saturated heterocycles. The second-order valence-corrected chi connectivity index (χ2v) is 4.12. The predicted octanol–water partition coefficient (Wildman–Crippen LogP) is 3.19. The van der Waals surface area contributed by atoms with E-state index in [-0.39, 0.29) is 5.78 Å². The minimum Gasteiger partial charge on any atom is -0.293 e. The van der Waals surface area contributed by atoms with Crippen LogP contribution in [0.4, 0.5) is 0 Å². The lowest BCUT2D eigenvalue weighted by Crippen LogP contribution is -2.04. The molecule has 0 atom stereocenters.